The van der Waals surface area contributed by atoms with Crippen LogP contribution >= 0.6 is 31.9 Å². The number of para-hydroxylation sites is 1. The SMILES string of the molecule is CC(CC(=O)Nc1ccccc1-c1ccccc1)=NNC(=O)COc1ccc(Br)cc1Br. The molecule has 2 N–H and O–H groups in total. The zero-order chi connectivity index (χ0) is 22.9. The molecule has 3 aromatic rings. The van der Waals surface area contributed by atoms with Crippen molar-refractivity contribution in [2.45, 2.75) is 13.3 Å². The van der Waals surface area contributed by atoms with E-state index in [0.717, 1.165) is 20.1 Å². The van der Waals surface area contributed by atoms with Gasteiger partial charge in [-0.1, -0.05) is 64.5 Å². The molecule has 0 saturated heterocycles. The summed E-state index contributed by atoms with van der Waals surface area (Å²) in [6, 6.07) is 22.8. The second-order valence-corrected chi connectivity index (χ2v) is 8.65. The fourth-order valence-corrected chi connectivity index (χ4v) is 4.01. The molecule has 0 fully saturated rings. The van der Waals surface area contributed by atoms with E-state index in [9.17, 15) is 9.59 Å². The van der Waals surface area contributed by atoms with Crippen LogP contribution in [0.2, 0.25) is 0 Å². The van der Waals surface area contributed by atoms with Crippen LogP contribution in [0.5, 0.6) is 5.75 Å². The summed E-state index contributed by atoms with van der Waals surface area (Å²) in [6.45, 7) is 1.47. The highest BCUT2D eigenvalue weighted by atomic mass is 79.9. The minimum Gasteiger partial charge on any atom is -0.483 e. The van der Waals surface area contributed by atoms with Crippen LogP contribution in [0.3, 0.4) is 0 Å². The van der Waals surface area contributed by atoms with Crippen LogP contribution in [-0.2, 0) is 9.59 Å². The summed E-state index contributed by atoms with van der Waals surface area (Å²) in [5, 5.41) is 6.91. The number of hydrogen-bond donors (Lipinski definition) is 2. The van der Waals surface area contributed by atoms with E-state index in [1.54, 1.807) is 13.0 Å². The van der Waals surface area contributed by atoms with Gasteiger partial charge in [-0.2, -0.15) is 5.10 Å². The molecule has 164 valence electrons. The number of carbonyl (C=O) groups is 2. The van der Waals surface area contributed by atoms with Crippen molar-refractivity contribution in [2.24, 2.45) is 5.10 Å². The quantitative estimate of drug-likeness (QED) is 0.272. The molecule has 2 amide bonds. The minimum absolute atomic E-state index is 0.0442. The topological polar surface area (TPSA) is 79.8 Å². The van der Waals surface area contributed by atoms with E-state index in [1.807, 2.05) is 66.7 Å². The van der Waals surface area contributed by atoms with Crippen LogP contribution in [0, 0.1) is 0 Å². The number of carbonyl (C=O) groups excluding carboxylic acids is 2. The molecule has 0 aliphatic carbocycles. The predicted octanol–water partition coefficient (Wildman–Crippen LogP) is 5.78. The van der Waals surface area contributed by atoms with Gasteiger partial charge in [0.2, 0.25) is 5.91 Å². The van der Waals surface area contributed by atoms with E-state index in [1.165, 1.54) is 0 Å². The Labute approximate surface area is 203 Å². The van der Waals surface area contributed by atoms with Gasteiger partial charge < -0.3 is 10.1 Å². The molecular weight excluding hydrogens is 538 g/mol. The standard InChI is InChI=1S/C24H21Br2N3O3/c1-16(28-29-24(31)15-32-22-12-11-18(25)14-20(22)26)13-23(30)27-21-10-6-5-9-19(21)17-7-3-2-4-8-17/h2-12,14H,13,15H2,1H3,(H,27,30)(H,29,31). The maximum Gasteiger partial charge on any atom is 0.277 e. The van der Waals surface area contributed by atoms with Crippen molar-refractivity contribution >= 4 is 55.1 Å². The number of nitrogens with zero attached hydrogens (tertiary/aromatic N) is 1. The van der Waals surface area contributed by atoms with E-state index >= 15 is 0 Å². The molecule has 32 heavy (non-hydrogen) atoms. The third-order valence-electron chi connectivity index (χ3n) is 4.33. The fraction of sp³-hybridized carbons (Fsp3) is 0.125. The first-order valence-electron chi connectivity index (χ1n) is 9.76. The summed E-state index contributed by atoms with van der Waals surface area (Å²) in [6.07, 6.45) is 0.0442. The third-order valence-corrected chi connectivity index (χ3v) is 5.44. The molecular formula is C24H21Br2N3O3. The molecule has 3 aromatic carbocycles. The maximum absolute atomic E-state index is 12.5. The van der Waals surface area contributed by atoms with E-state index in [4.69, 9.17) is 4.74 Å². The van der Waals surface area contributed by atoms with E-state index in [0.29, 0.717) is 17.1 Å². The average molecular weight is 559 g/mol. The Morgan fingerprint density at radius 1 is 0.938 bits per heavy atom. The molecule has 0 heterocycles. The zero-order valence-electron chi connectivity index (χ0n) is 17.3. The van der Waals surface area contributed by atoms with Crippen molar-refractivity contribution in [2.75, 3.05) is 11.9 Å². The summed E-state index contributed by atoms with van der Waals surface area (Å²) in [5.41, 5.74) is 5.54. The first kappa shape index (κ1) is 23.7. The van der Waals surface area contributed by atoms with Gasteiger partial charge in [0.25, 0.3) is 5.91 Å². The second-order valence-electron chi connectivity index (χ2n) is 6.88. The lowest BCUT2D eigenvalue weighted by Gasteiger charge is -2.11. The molecule has 0 saturated carbocycles. The molecule has 8 heteroatoms. The molecule has 3 rings (SSSR count). The largest absolute Gasteiger partial charge is 0.483 e. The molecule has 0 radical (unpaired) electrons. The normalized spacial score (nSPS) is 11.0. The van der Waals surface area contributed by atoms with Crippen LogP contribution in [-0.4, -0.2) is 24.1 Å². The number of rotatable bonds is 8. The van der Waals surface area contributed by atoms with Crippen molar-refractivity contribution in [1.29, 1.82) is 0 Å². The Kier molecular flexibility index (Phi) is 8.58. The number of halogens is 2. The van der Waals surface area contributed by atoms with E-state index in [-0.39, 0.29) is 18.9 Å². The molecule has 0 aliphatic heterocycles. The van der Waals surface area contributed by atoms with Crippen LogP contribution in [0.4, 0.5) is 5.69 Å². The maximum atomic E-state index is 12.5. The van der Waals surface area contributed by atoms with Crippen molar-refractivity contribution in [3.8, 4) is 16.9 Å². The third kappa shape index (κ3) is 7.03. The van der Waals surface area contributed by atoms with Crippen LogP contribution in [0.15, 0.2) is 86.8 Å². The van der Waals surface area contributed by atoms with Gasteiger partial charge in [-0.15, -0.1) is 0 Å². The minimum atomic E-state index is -0.422. The highest BCUT2D eigenvalue weighted by Gasteiger charge is 2.10. The summed E-state index contributed by atoms with van der Waals surface area (Å²) < 4.78 is 7.10. The molecule has 6 nitrogen and oxygen atoms in total. The number of anilines is 1. The first-order chi connectivity index (χ1) is 15.4. The molecule has 0 aromatic heterocycles. The lowest BCUT2D eigenvalue weighted by molar-refractivity contribution is -0.123. The lowest BCUT2D eigenvalue weighted by Crippen LogP contribution is -2.26. The van der Waals surface area contributed by atoms with Crippen LogP contribution < -0.4 is 15.5 Å². The molecule has 0 spiro atoms. The highest BCUT2D eigenvalue weighted by molar-refractivity contribution is 9.11. The number of hydrazone groups is 1. The fourth-order valence-electron chi connectivity index (χ4n) is 2.85. The second kappa shape index (κ2) is 11.6. The van der Waals surface area contributed by atoms with Crippen LogP contribution in [0.25, 0.3) is 11.1 Å². The number of amides is 2. The zero-order valence-corrected chi connectivity index (χ0v) is 20.4. The van der Waals surface area contributed by atoms with Gasteiger partial charge in [0.15, 0.2) is 6.61 Å². The highest BCUT2D eigenvalue weighted by Crippen LogP contribution is 2.28. The van der Waals surface area contributed by atoms with Crippen molar-refractivity contribution in [3.63, 3.8) is 0 Å². The van der Waals surface area contributed by atoms with Crippen molar-refractivity contribution in [1.82, 2.24) is 5.43 Å². The summed E-state index contributed by atoms with van der Waals surface area (Å²) in [7, 11) is 0. The molecule has 0 bridgehead atoms. The van der Waals surface area contributed by atoms with Crippen molar-refractivity contribution < 1.29 is 14.3 Å². The van der Waals surface area contributed by atoms with Gasteiger partial charge in [0.05, 0.1) is 10.9 Å². The monoisotopic (exact) mass is 557 g/mol. The smallest absolute Gasteiger partial charge is 0.277 e. The summed E-state index contributed by atoms with van der Waals surface area (Å²) in [4.78, 5) is 24.5. The van der Waals surface area contributed by atoms with E-state index in [2.05, 4.69) is 47.7 Å². The Balaban J connectivity index is 1.52. The number of nitrogens with one attached hydrogen (secondary N) is 2. The van der Waals surface area contributed by atoms with E-state index < -0.39 is 5.91 Å². The predicted molar refractivity (Wildman–Crippen MR) is 134 cm³/mol. The Hall–Kier alpha value is -2.97. The summed E-state index contributed by atoms with van der Waals surface area (Å²) in [5.74, 6) is -0.103. The summed E-state index contributed by atoms with van der Waals surface area (Å²) >= 11 is 6.73. The number of hydrogen-bond acceptors (Lipinski definition) is 4. The van der Waals surface area contributed by atoms with Gasteiger partial charge in [0.1, 0.15) is 5.75 Å². The van der Waals surface area contributed by atoms with Gasteiger partial charge in [-0.3, -0.25) is 9.59 Å². The van der Waals surface area contributed by atoms with Gasteiger partial charge in [-0.25, -0.2) is 5.43 Å². The van der Waals surface area contributed by atoms with Gasteiger partial charge in [0, 0.05) is 21.4 Å². The van der Waals surface area contributed by atoms with Crippen LogP contribution in [0.1, 0.15) is 13.3 Å². The van der Waals surface area contributed by atoms with Gasteiger partial charge in [-0.05, 0) is 52.7 Å². The lowest BCUT2D eigenvalue weighted by atomic mass is 10.0. The molecule has 0 unspecified atom stereocenters. The first-order valence-corrected chi connectivity index (χ1v) is 11.3. The number of ether oxygens (including phenoxy) is 1. The van der Waals surface area contributed by atoms with Crippen molar-refractivity contribution in [3.05, 3.63) is 81.7 Å². The Morgan fingerprint density at radius 3 is 2.41 bits per heavy atom. The number of benzene rings is 3. The Bertz CT molecular complexity index is 1130. The average Bonchev–Trinajstić information content (AvgIpc) is 2.78. The molecule has 0 aliphatic rings. The Morgan fingerprint density at radius 2 is 1.66 bits per heavy atom. The van der Waals surface area contributed by atoms with Gasteiger partial charge >= 0.3 is 0 Å². The molecule has 0 atom stereocenters.